The summed E-state index contributed by atoms with van der Waals surface area (Å²) < 4.78 is 5.24. The van der Waals surface area contributed by atoms with Crippen molar-refractivity contribution in [2.45, 2.75) is 32.2 Å². The fraction of sp³-hybridized carbons (Fsp3) is 0.500. The van der Waals surface area contributed by atoms with E-state index < -0.39 is 0 Å². The van der Waals surface area contributed by atoms with Gasteiger partial charge in [0.15, 0.2) is 0 Å². The van der Waals surface area contributed by atoms with Gasteiger partial charge in [-0.1, -0.05) is 12.1 Å². The lowest BCUT2D eigenvalue weighted by atomic mass is 10.1. The molecule has 3 heteroatoms. The molecule has 0 aliphatic carbocycles. The van der Waals surface area contributed by atoms with Gasteiger partial charge in [0, 0.05) is 19.0 Å². The molecule has 17 heavy (non-hydrogen) atoms. The Kier molecular flexibility index (Phi) is 4.02. The average Bonchev–Trinajstić information content (AvgIpc) is 2.40. The highest BCUT2D eigenvalue weighted by molar-refractivity contribution is 5.83. The highest BCUT2D eigenvalue weighted by atomic mass is 16.5. The molecule has 0 amide bonds. The second-order valence-electron chi connectivity index (χ2n) is 4.43. The zero-order chi connectivity index (χ0) is 12.1. The number of aliphatic imine (C=N–C) groups is 1. The molecule has 1 aromatic carbocycles. The van der Waals surface area contributed by atoms with Gasteiger partial charge >= 0.3 is 0 Å². The maximum atomic E-state index is 5.24. The molecule has 0 saturated heterocycles. The Balaban J connectivity index is 2.03. The van der Waals surface area contributed by atoms with Crippen molar-refractivity contribution in [1.82, 2.24) is 5.32 Å². The largest absolute Gasteiger partial charge is 0.497 e. The fourth-order valence-electron chi connectivity index (χ4n) is 2.06. The van der Waals surface area contributed by atoms with Gasteiger partial charge in [-0.2, -0.15) is 0 Å². The normalized spacial score (nSPS) is 17.2. The smallest absolute Gasteiger partial charge is 0.119 e. The highest BCUT2D eigenvalue weighted by Gasteiger charge is 2.10. The molecule has 1 heterocycles. The second-order valence-corrected chi connectivity index (χ2v) is 4.43. The number of hydrogen-bond donors (Lipinski definition) is 1. The molecule has 3 nitrogen and oxygen atoms in total. The summed E-state index contributed by atoms with van der Waals surface area (Å²) in [5.41, 5.74) is 1.23. The summed E-state index contributed by atoms with van der Waals surface area (Å²) >= 11 is 0. The van der Waals surface area contributed by atoms with Crippen LogP contribution in [0.3, 0.4) is 0 Å². The van der Waals surface area contributed by atoms with Crippen molar-refractivity contribution in [1.29, 1.82) is 0 Å². The molecular formula is C14H20N2O. The summed E-state index contributed by atoms with van der Waals surface area (Å²) in [5, 5.41) is 3.48. The first-order valence-corrected chi connectivity index (χ1v) is 6.23. The second kappa shape index (κ2) is 5.71. The quantitative estimate of drug-likeness (QED) is 0.869. The van der Waals surface area contributed by atoms with E-state index in [1.807, 2.05) is 12.1 Å². The molecule has 0 unspecified atom stereocenters. The van der Waals surface area contributed by atoms with Crippen molar-refractivity contribution in [2.24, 2.45) is 4.99 Å². The third kappa shape index (κ3) is 3.22. The summed E-state index contributed by atoms with van der Waals surface area (Å²) in [4.78, 5) is 4.51. The van der Waals surface area contributed by atoms with Crippen LogP contribution in [0.4, 0.5) is 0 Å². The number of amidine groups is 1. The van der Waals surface area contributed by atoms with Crippen LogP contribution < -0.4 is 10.1 Å². The van der Waals surface area contributed by atoms with Gasteiger partial charge in [0.1, 0.15) is 5.75 Å². The third-order valence-corrected chi connectivity index (χ3v) is 3.10. The van der Waals surface area contributed by atoms with E-state index in [4.69, 9.17) is 4.74 Å². The summed E-state index contributed by atoms with van der Waals surface area (Å²) in [6.07, 6.45) is 3.55. The summed E-state index contributed by atoms with van der Waals surface area (Å²) in [6, 6.07) is 8.45. The van der Waals surface area contributed by atoms with Gasteiger partial charge in [0.2, 0.25) is 0 Å². The van der Waals surface area contributed by atoms with E-state index in [-0.39, 0.29) is 6.04 Å². The van der Waals surface area contributed by atoms with Gasteiger partial charge in [-0.25, -0.2) is 0 Å². The zero-order valence-electron chi connectivity index (χ0n) is 10.6. The average molecular weight is 232 g/mol. The number of nitrogens with zero attached hydrogens (tertiary/aromatic N) is 1. The lowest BCUT2D eigenvalue weighted by Crippen LogP contribution is -2.28. The van der Waals surface area contributed by atoms with E-state index in [9.17, 15) is 0 Å². The van der Waals surface area contributed by atoms with Gasteiger partial charge in [0.25, 0.3) is 0 Å². The molecule has 1 atom stereocenters. The lowest BCUT2D eigenvalue weighted by molar-refractivity contribution is 0.413. The van der Waals surface area contributed by atoms with Crippen molar-refractivity contribution in [3.05, 3.63) is 29.8 Å². The SMILES string of the molecule is COc1cccc([C@@H](C)NC2=NCCCC2)c1. The number of ether oxygens (including phenoxy) is 1. The minimum atomic E-state index is 0.280. The number of nitrogens with one attached hydrogen (secondary N) is 1. The maximum absolute atomic E-state index is 5.24. The third-order valence-electron chi connectivity index (χ3n) is 3.10. The first-order valence-electron chi connectivity index (χ1n) is 6.23. The van der Waals surface area contributed by atoms with Crippen LogP contribution in [0.2, 0.25) is 0 Å². The van der Waals surface area contributed by atoms with Gasteiger partial charge < -0.3 is 10.1 Å². The predicted molar refractivity (Wildman–Crippen MR) is 70.7 cm³/mol. The summed E-state index contributed by atoms with van der Waals surface area (Å²) in [6.45, 7) is 3.12. The molecule has 1 aliphatic heterocycles. The van der Waals surface area contributed by atoms with Crippen LogP contribution in [-0.2, 0) is 0 Å². The predicted octanol–water partition coefficient (Wildman–Crippen LogP) is 2.93. The van der Waals surface area contributed by atoms with E-state index in [1.54, 1.807) is 7.11 Å². The van der Waals surface area contributed by atoms with Gasteiger partial charge in [-0.3, -0.25) is 4.99 Å². The number of rotatable bonds is 3. The minimum Gasteiger partial charge on any atom is -0.497 e. The van der Waals surface area contributed by atoms with Gasteiger partial charge in [0.05, 0.1) is 12.9 Å². The van der Waals surface area contributed by atoms with E-state index in [1.165, 1.54) is 18.4 Å². The first kappa shape index (κ1) is 12.0. The van der Waals surface area contributed by atoms with Crippen LogP contribution in [-0.4, -0.2) is 19.5 Å². The van der Waals surface area contributed by atoms with E-state index >= 15 is 0 Å². The highest BCUT2D eigenvalue weighted by Crippen LogP contribution is 2.19. The van der Waals surface area contributed by atoms with E-state index in [2.05, 4.69) is 29.4 Å². The van der Waals surface area contributed by atoms with Gasteiger partial charge in [-0.15, -0.1) is 0 Å². The van der Waals surface area contributed by atoms with E-state index in [0.29, 0.717) is 0 Å². The van der Waals surface area contributed by atoms with Crippen molar-refractivity contribution < 1.29 is 4.74 Å². The monoisotopic (exact) mass is 232 g/mol. The standard InChI is InChI=1S/C14H20N2O/c1-11(16-14-8-3-4-9-15-14)12-6-5-7-13(10-12)17-2/h5-7,10-11H,3-4,8-9H2,1-2H3,(H,15,16)/t11-/m1/s1. The fourth-order valence-corrected chi connectivity index (χ4v) is 2.06. The van der Waals surface area contributed by atoms with Crippen molar-refractivity contribution >= 4 is 5.84 Å². The summed E-state index contributed by atoms with van der Waals surface area (Å²) in [5.74, 6) is 2.05. The summed E-state index contributed by atoms with van der Waals surface area (Å²) in [7, 11) is 1.70. The molecule has 0 fully saturated rings. The molecule has 1 aliphatic rings. The molecule has 0 spiro atoms. The van der Waals surface area contributed by atoms with Crippen molar-refractivity contribution in [3.63, 3.8) is 0 Å². The molecule has 92 valence electrons. The Morgan fingerprint density at radius 3 is 2.94 bits per heavy atom. The van der Waals surface area contributed by atoms with Crippen molar-refractivity contribution in [3.8, 4) is 5.75 Å². The number of benzene rings is 1. The molecule has 0 bridgehead atoms. The van der Waals surface area contributed by atoms with Crippen LogP contribution in [0, 0.1) is 0 Å². The number of hydrogen-bond acceptors (Lipinski definition) is 3. The minimum absolute atomic E-state index is 0.280. The van der Waals surface area contributed by atoms with E-state index in [0.717, 1.165) is 24.6 Å². The van der Waals surface area contributed by atoms with Crippen LogP contribution in [0.25, 0.3) is 0 Å². The lowest BCUT2D eigenvalue weighted by Gasteiger charge is -2.20. The number of methoxy groups -OCH3 is 1. The Hall–Kier alpha value is -1.51. The zero-order valence-corrected chi connectivity index (χ0v) is 10.6. The van der Waals surface area contributed by atoms with Crippen molar-refractivity contribution in [2.75, 3.05) is 13.7 Å². The molecule has 1 aromatic rings. The molecule has 0 radical (unpaired) electrons. The molecule has 0 saturated carbocycles. The topological polar surface area (TPSA) is 33.6 Å². The van der Waals surface area contributed by atoms with Crippen LogP contribution in [0.1, 0.15) is 37.8 Å². The van der Waals surface area contributed by atoms with Crippen LogP contribution in [0.5, 0.6) is 5.75 Å². The molecular weight excluding hydrogens is 212 g/mol. The molecule has 0 aromatic heterocycles. The maximum Gasteiger partial charge on any atom is 0.119 e. The molecule has 1 N–H and O–H groups in total. The Morgan fingerprint density at radius 1 is 1.35 bits per heavy atom. The first-order chi connectivity index (χ1) is 8.29. The molecule has 2 rings (SSSR count). The Bertz CT molecular complexity index is 401. The Labute approximate surface area is 103 Å². The van der Waals surface area contributed by atoms with Crippen LogP contribution >= 0.6 is 0 Å². The van der Waals surface area contributed by atoms with Gasteiger partial charge in [-0.05, 0) is 37.5 Å². The van der Waals surface area contributed by atoms with Crippen LogP contribution in [0.15, 0.2) is 29.3 Å². The Morgan fingerprint density at radius 2 is 2.24 bits per heavy atom.